The summed E-state index contributed by atoms with van der Waals surface area (Å²) in [5.41, 5.74) is 5.10. The van der Waals surface area contributed by atoms with Crippen molar-refractivity contribution in [1.29, 1.82) is 0 Å². The molecule has 5 nitrogen and oxygen atoms in total. The normalized spacial score (nSPS) is 15.8. The van der Waals surface area contributed by atoms with Gasteiger partial charge in [-0.05, 0) is 61.6 Å². The van der Waals surface area contributed by atoms with Gasteiger partial charge >= 0.3 is 0 Å². The highest BCUT2D eigenvalue weighted by molar-refractivity contribution is 6.09. The van der Waals surface area contributed by atoms with E-state index in [0.29, 0.717) is 29.5 Å². The van der Waals surface area contributed by atoms with Gasteiger partial charge in [-0.3, -0.25) is 24.0 Å². The summed E-state index contributed by atoms with van der Waals surface area (Å²) in [6.45, 7) is 7.51. The summed E-state index contributed by atoms with van der Waals surface area (Å²) >= 11 is 0. The number of carbonyl (C=O) groups excluding carboxylic acids is 5. The van der Waals surface area contributed by atoms with Crippen molar-refractivity contribution in [1.82, 2.24) is 0 Å². The van der Waals surface area contributed by atoms with Gasteiger partial charge in [0.25, 0.3) is 0 Å². The van der Waals surface area contributed by atoms with Crippen molar-refractivity contribution in [3.8, 4) is 0 Å². The number of fused-ring (bicyclic) bond motifs is 1. The van der Waals surface area contributed by atoms with Gasteiger partial charge in [0.05, 0.1) is 6.42 Å². The minimum atomic E-state index is -0.152. The number of Topliss-reactive ketones (excluding diaryl/α,β-unsaturated/α-hetero) is 4. The Bertz CT molecular complexity index is 1500. The molecule has 5 heteroatoms. The van der Waals surface area contributed by atoms with Gasteiger partial charge < -0.3 is 0 Å². The molecule has 3 aromatic rings. The van der Waals surface area contributed by atoms with E-state index in [1.807, 2.05) is 44.2 Å². The molecule has 3 unspecified atom stereocenters. The summed E-state index contributed by atoms with van der Waals surface area (Å²) in [7, 11) is 0. The van der Waals surface area contributed by atoms with E-state index < -0.39 is 0 Å². The van der Waals surface area contributed by atoms with Gasteiger partial charge in [-0.1, -0.05) is 93.4 Å². The average molecular weight is 579 g/mol. The van der Waals surface area contributed by atoms with Crippen molar-refractivity contribution >= 4 is 28.9 Å². The molecular weight excluding hydrogens is 536 g/mol. The van der Waals surface area contributed by atoms with Gasteiger partial charge in [0.2, 0.25) is 0 Å². The van der Waals surface area contributed by atoms with Gasteiger partial charge in [-0.25, -0.2) is 0 Å². The van der Waals surface area contributed by atoms with E-state index in [4.69, 9.17) is 0 Å². The molecular formula is C38H42O5. The zero-order valence-electron chi connectivity index (χ0n) is 25.8. The summed E-state index contributed by atoms with van der Waals surface area (Å²) in [5.74, 6) is 0.0374. The van der Waals surface area contributed by atoms with E-state index in [2.05, 4.69) is 6.92 Å². The summed E-state index contributed by atoms with van der Waals surface area (Å²) in [6, 6.07) is 19.8. The highest BCUT2D eigenvalue weighted by atomic mass is 16.2. The zero-order chi connectivity index (χ0) is 31.1. The van der Waals surface area contributed by atoms with Crippen molar-refractivity contribution in [3.63, 3.8) is 0 Å². The molecule has 224 valence electrons. The average Bonchev–Trinajstić information content (AvgIpc) is 2.98. The number of benzene rings is 3. The largest absolute Gasteiger partial charge is 0.300 e. The van der Waals surface area contributed by atoms with Crippen molar-refractivity contribution in [2.45, 2.75) is 79.1 Å². The standard InChI is InChI=1S/C38H42O5/c1-5-10-31(33(6-2)35(41)19-24(3)39)20-26-21-32-18-17-30(25(4)37(32)36(42)22-26)23-34(40)27-13-15-29(16-14-27)38(43)28-11-8-7-9-12-28/h7-9,11-18,26,31,33H,5-6,10,19-23H2,1-4H3. The molecule has 0 N–H and O–H groups in total. The molecule has 0 spiro atoms. The van der Waals surface area contributed by atoms with E-state index in [1.54, 1.807) is 36.4 Å². The Balaban J connectivity index is 1.46. The van der Waals surface area contributed by atoms with Crippen LogP contribution in [0.5, 0.6) is 0 Å². The van der Waals surface area contributed by atoms with Crippen LogP contribution < -0.4 is 0 Å². The Morgan fingerprint density at radius 3 is 2.12 bits per heavy atom. The second kappa shape index (κ2) is 14.5. The maximum absolute atomic E-state index is 13.5. The van der Waals surface area contributed by atoms with Gasteiger partial charge in [-0.15, -0.1) is 0 Å². The highest BCUT2D eigenvalue weighted by Crippen LogP contribution is 2.37. The smallest absolute Gasteiger partial charge is 0.193 e. The predicted molar refractivity (Wildman–Crippen MR) is 169 cm³/mol. The van der Waals surface area contributed by atoms with Crippen LogP contribution in [0.4, 0.5) is 0 Å². The van der Waals surface area contributed by atoms with E-state index >= 15 is 0 Å². The highest BCUT2D eigenvalue weighted by Gasteiger charge is 2.33. The second-order valence-corrected chi connectivity index (χ2v) is 12.1. The maximum atomic E-state index is 13.5. The van der Waals surface area contributed by atoms with Crippen LogP contribution in [0.15, 0.2) is 66.7 Å². The van der Waals surface area contributed by atoms with Crippen molar-refractivity contribution < 1.29 is 24.0 Å². The summed E-state index contributed by atoms with van der Waals surface area (Å²) in [6.07, 6.45) is 4.72. The van der Waals surface area contributed by atoms with E-state index in [-0.39, 0.29) is 59.5 Å². The quantitative estimate of drug-likeness (QED) is 0.144. The minimum absolute atomic E-state index is 0.0121. The molecule has 0 radical (unpaired) electrons. The SMILES string of the molecule is CCCC(CC1CC(=O)c2c(ccc(CC(=O)c3ccc(C(=O)c4ccccc4)cc3)c2C)C1)C(CC)C(=O)CC(C)=O. The van der Waals surface area contributed by atoms with Crippen molar-refractivity contribution in [2.24, 2.45) is 17.8 Å². The fraction of sp³-hybridized carbons (Fsp3) is 0.395. The molecule has 3 atom stereocenters. The first-order valence-corrected chi connectivity index (χ1v) is 15.5. The summed E-state index contributed by atoms with van der Waals surface area (Å²) in [5, 5.41) is 0. The molecule has 0 saturated carbocycles. The van der Waals surface area contributed by atoms with Gasteiger partial charge in [0.15, 0.2) is 17.3 Å². The minimum Gasteiger partial charge on any atom is -0.300 e. The predicted octanol–water partition coefficient (Wildman–Crippen LogP) is 7.78. The molecule has 0 fully saturated rings. The third-order valence-corrected chi connectivity index (χ3v) is 8.92. The third kappa shape index (κ3) is 7.70. The van der Waals surface area contributed by atoms with Crippen LogP contribution in [0.3, 0.4) is 0 Å². The van der Waals surface area contributed by atoms with Crippen molar-refractivity contribution in [2.75, 3.05) is 0 Å². The molecule has 0 aromatic heterocycles. The molecule has 1 aliphatic rings. The van der Waals surface area contributed by atoms with Crippen LogP contribution >= 0.6 is 0 Å². The van der Waals surface area contributed by atoms with Crippen LogP contribution in [-0.2, 0) is 22.4 Å². The van der Waals surface area contributed by atoms with E-state index in [9.17, 15) is 24.0 Å². The first kappa shape index (κ1) is 31.9. The molecule has 0 bridgehead atoms. The Kier molecular flexibility index (Phi) is 10.7. The Hall–Kier alpha value is -3.99. The van der Waals surface area contributed by atoms with Crippen LogP contribution in [0, 0.1) is 24.7 Å². The van der Waals surface area contributed by atoms with Crippen LogP contribution in [-0.4, -0.2) is 28.9 Å². The molecule has 3 aromatic carbocycles. The second-order valence-electron chi connectivity index (χ2n) is 12.1. The van der Waals surface area contributed by atoms with Crippen LogP contribution in [0.1, 0.15) is 113 Å². The van der Waals surface area contributed by atoms with Gasteiger partial charge in [0, 0.05) is 41.0 Å². The molecule has 43 heavy (non-hydrogen) atoms. The number of hydrogen-bond acceptors (Lipinski definition) is 5. The summed E-state index contributed by atoms with van der Waals surface area (Å²) in [4.78, 5) is 63.9. The van der Waals surface area contributed by atoms with Crippen molar-refractivity contribution in [3.05, 3.63) is 106 Å². The number of rotatable bonds is 14. The lowest BCUT2D eigenvalue weighted by molar-refractivity contribution is -0.129. The maximum Gasteiger partial charge on any atom is 0.193 e. The first-order valence-electron chi connectivity index (χ1n) is 15.5. The molecule has 0 heterocycles. The first-order chi connectivity index (χ1) is 20.6. The summed E-state index contributed by atoms with van der Waals surface area (Å²) < 4.78 is 0. The number of carbonyl (C=O) groups is 5. The molecule has 4 rings (SSSR count). The van der Waals surface area contributed by atoms with Gasteiger partial charge in [-0.2, -0.15) is 0 Å². The van der Waals surface area contributed by atoms with Crippen LogP contribution in [0.25, 0.3) is 0 Å². The molecule has 0 aliphatic heterocycles. The monoisotopic (exact) mass is 578 g/mol. The molecule has 0 amide bonds. The Morgan fingerprint density at radius 2 is 1.49 bits per heavy atom. The lowest BCUT2D eigenvalue weighted by Crippen LogP contribution is -2.30. The number of ketones is 5. The number of hydrogen-bond donors (Lipinski definition) is 0. The lowest BCUT2D eigenvalue weighted by atomic mass is 9.72. The van der Waals surface area contributed by atoms with E-state index in [0.717, 1.165) is 47.9 Å². The fourth-order valence-corrected chi connectivity index (χ4v) is 6.80. The molecule has 1 aliphatic carbocycles. The topological polar surface area (TPSA) is 85.3 Å². The Morgan fingerprint density at radius 1 is 0.837 bits per heavy atom. The fourth-order valence-electron chi connectivity index (χ4n) is 6.80. The zero-order valence-corrected chi connectivity index (χ0v) is 25.8. The lowest BCUT2D eigenvalue weighted by Gasteiger charge is -2.32. The van der Waals surface area contributed by atoms with E-state index in [1.165, 1.54) is 6.92 Å². The van der Waals surface area contributed by atoms with Crippen LogP contribution in [0.2, 0.25) is 0 Å². The van der Waals surface area contributed by atoms with Gasteiger partial charge in [0.1, 0.15) is 11.6 Å². The third-order valence-electron chi connectivity index (χ3n) is 8.92. The molecule has 0 saturated heterocycles. The Labute approximate surface area is 255 Å².